The van der Waals surface area contributed by atoms with E-state index < -0.39 is 0 Å². The molecule has 1 amide bonds. The zero-order chi connectivity index (χ0) is 13.2. The quantitative estimate of drug-likeness (QED) is 0.826. The molecular formula is C15H17N3O. The Morgan fingerprint density at radius 3 is 2.53 bits per heavy atom. The molecule has 0 aliphatic carbocycles. The highest BCUT2D eigenvalue weighted by Crippen LogP contribution is 2.22. The number of nitrogens with zero attached hydrogens (tertiary/aromatic N) is 3. The Labute approximate surface area is 112 Å². The lowest BCUT2D eigenvalue weighted by molar-refractivity contribution is 0.0783. The summed E-state index contributed by atoms with van der Waals surface area (Å²) in [5, 5.41) is 0. The molecule has 0 aromatic carbocycles. The molecule has 4 nitrogen and oxygen atoms in total. The van der Waals surface area contributed by atoms with E-state index in [1.807, 2.05) is 40.9 Å². The van der Waals surface area contributed by atoms with Gasteiger partial charge in [0.2, 0.25) is 0 Å². The summed E-state index contributed by atoms with van der Waals surface area (Å²) in [6, 6.07) is 5.88. The third-order valence-electron chi connectivity index (χ3n) is 3.63. The predicted octanol–water partition coefficient (Wildman–Crippen LogP) is 2.32. The van der Waals surface area contributed by atoms with E-state index in [2.05, 4.69) is 4.98 Å². The van der Waals surface area contributed by atoms with Crippen molar-refractivity contribution in [3.05, 3.63) is 42.5 Å². The van der Waals surface area contributed by atoms with Crippen LogP contribution in [-0.4, -0.2) is 33.4 Å². The molecule has 1 aliphatic heterocycles. The second-order valence-corrected chi connectivity index (χ2v) is 4.96. The highest BCUT2D eigenvalue weighted by molar-refractivity contribution is 5.94. The number of pyridine rings is 1. The molecule has 1 fully saturated rings. The zero-order valence-electron chi connectivity index (χ0n) is 11.0. The minimum Gasteiger partial charge on any atom is -0.346 e. The van der Waals surface area contributed by atoms with Crippen LogP contribution in [-0.2, 0) is 7.05 Å². The standard InChI is InChI=1S/C15H17N3O/c1-17-11-13(12-4-6-16-7-5-12)10-14(17)15(19)18-8-2-3-9-18/h4-7,10-11H,2-3,8-9H2,1H3. The van der Waals surface area contributed by atoms with E-state index in [0.717, 1.165) is 42.8 Å². The van der Waals surface area contributed by atoms with E-state index in [0.29, 0.717) is 0 Å². The van der Waals surface area contributed by atoms with Crippen LogP contribution in [0.3, 0.4) is 0 Å². The molecule has 0 atom stereocenters. The molecule has 2 aromatic rings. The molecule has 0 unspecified atom stereocenters. The monoisotopic (exact) mass is 255 g/mol. The molecular weight excluding hydrogens is 238 g/mol. The summed E-state index contributed by atoms with van der Waals surface area (Å²) in [5.74, 6) is 0.139. The van der Waals surface area contributed by atoms with E-state index in [1.54, 1.807) is 12.4 Å². The first-order chi connectivity index (χ1) is 9.25. The Morgan fingerprint density at radius 2 is 1.84 bits per heavy atom. The largest absolute Gasteiger partial charge is 0.346 e. The fourth-order valence-electron chi connectivity index (χ4n) is 2.56. The summed E-state index contributed by atoms with van der Waals surface area (Å²) in [5.41, 5.74) is 2.91. The molecule has 0 spiro atoms. The van der Waals surface area contributed by atoms with E-state index in [1.165, 1.54) is 0 Å². The Kier molecular flexibility index (Phi) is 3.07. The number of hydrogen-bond acceptors (Lipinski definition) is 2. The van der Waals surface area contributed by atoms with Crippen molar-refractivity contribution in [3.8, 4) is 11.1 Å². The zero-order valence-corrected chi connectivity index (χ0v) is 11.0. The van der Waals surface area contributed by atoms with Gasteiger partial charge in [0.05, 0.1) is 0 Å². The van der Waals surface area contributed by atoms with Gasteiger partial charge in [-0.05, 0) is 36.6 Å². The van der Waals surface area contributed by atoms with Gasteiger partial charge in [-0.15, -0.1) is 0 Å². The first-order valence-corrected chi connectivity index (χ1v) is 6.62. The van der Waals surface area contributed by atoms with Gasteiger partial charge < -0.3 is 9.47 Å². The molecule has 98 valence electrons. The van der Waals surface area contributed by atoms with Crippen LogP contribution in [0.1, 0.15) is 23.3 Å². The lowest BCUT2D eigenvalue weighted by Crippen LogP contribution is -2.29. The molecule has 3 rings (SSSR count). The number of hydrogen-bond donors (Lipinski definition) is 0. The summed E-state index contributed by atoms with van der Waals surface area (Å²) in [6.07, 6.45) is 7.77. The minimum atomic E-state index is 0.139. The molecule has 3 heterocycles. The molecule has 1 saturated heterocycles. The fraction of sp³-hybridized carbons (Fsp3) is 0.333. The Morgan fingerprint density at radius 1 is 1.16 bits per heavy atom. The topological polar surface area (TPSA) is 38.1 Å². The van der Waals surface area contributed by atoms with E-state index in [-0.39, 0.29) is 5.91 Å². The van der Waals surface area contributed by atoms with Crippen LogP contribution in [0.2, 0.25) is 0 Å². The third-order valence-corrected chi connectivity index (χ3v) is 3.63. The maximum atomic E-state index is 12.4. The van der Waals surface area contributed by atoms with Gasteiger partial charge in [-0.3, -0.25) is 9.78 Å². The van der Waals surface area contributed by atoms with Crippen LogP contribution in [0.25, 0.3) is 11.1 Å². The van der Waals surface area contributed by atoms with Crippen molar-refractivity contribution in [2.45, 2.75) is 12.8 Å². The number of likely N-dealkylation sites (tertiary alicyclic amines) is 1. The van der Waals surface area contributed by atoms with Gasteiger partial charge in [-0.1, -0.05) is 0 Å². The molecule has 19 heavy (non-hydrogen) atoms. The van der Waals surface area contributed by atoms with E-state index >= 15 is 0 Å². The van der Waals surface area contributed by atoms with Crippen molar-refractivity contribution in [3.63, 3.8) is 0 Å². The summed E-state index contributed by atoms with van der Waals surface area (Å²) >= 11 is 0. The first kappa shape index (κ1) is 12.0. The van der Waals surface area contributed by atoms with Crippen molar-refractivity contribution in [1.82, 2.24) is 14.5 Å². The van der Waals surface area contributed by atoms with Crippen LogP contribution >= 0.6 is 0 Å². The summed E-state index contributed by atoms with van der Waals surface area (Å²) < 4.78 is 1.91. The maximum absolute atomic E-state index is 12.4. The van der Waals surface area contributed by atoms with Crippen LogP contribution in [0.4, 0.5) is 0 Å². The van der Waals surface area contributed by atoms with Gasteiger partial charge in [-0.25, -0.2) is 0 Å². The predicted molar refractivity (Wildman–Crippen MR) is 73.8 cm³/mol. The summed E-state index contributed by atoms with van der Waals surface area (Å²) in [4.78, 5) is 18.4. The average molecular weight is 255 g/mol. The van der Waals surface area contributed by atoms with E-state index in [9.17, 15) is 4.79 Å². The van der Waals surface area contributed by atoms with Gasteiger partial charge in [0.15, 0.2) is 0 Å². The summed E-state index contributed by atoms with van der Waals surface area (Å²) in [6.45, 7) is 1.77. The smallest absolute Gasteiger partial charge is 0.270 e. The molecule has 0 saturated carbocycles. The summed E-state index contributed by atoms with van der Waals surface area (Å²) in [7, 11) is 1.92. The minimum absolute atomic E-state index is 0.139. The second-order valence-electron chi connectivity index (χ2n) is 4.96. The molecule has 2 aromatic heterocycles. The van der Waals surface area contributed by atoms with Crippen molar-refractivity contribution >= 4 is 5.91 Å². The molecule has 0 radical (unpaired) electrons. The van der Waals surface area contributed by atoms with Gasteiger partial charge in [0, 0.05) is 44.3 Å². The highest BCUT2D eigenvalue weighted by atomic mass is 16.2. The number of aryl methyl sites for hydroxylation is 1. The average Bonchev–Trinajstić information content (AvgIpc) is 3.08. The fourth-order valence-corrected chi connectivity index (χ4v) is 2.56. The first-order valence-electron chi connectivity index (χ1n) is 6.62. The normalized spacial score (nSPS) is 14.9. The van der Waals surface area contributed by atoms with Gasteiger partial charge in [0.25, 0.3) is 5.91 Å². The number of rotatable bonds is 2. The molecule has 0 N–H and O–H groups in total. The molecule has 0 bridgehead atoms. The van der Waals surface area contributed by atoms with Crippen molar-refractivity contribution < 1.29 is 4.79 Å². The van der Waals surface area contributed by atoms with Gasteiger partial charge in [-0.2, -0.15) is 0 Å². The highest BCUT2D eigenvalue weighted by Gasteiger charge is 2.22. The van der Waals surface area contributed by atoms with Gasteiger partial charge in [0.1, 0.15) is 5.69 Å². The van der Waals surface area contributed by atoms with Crippen LogP contribution in [0.5, 0.6) is 0 Å². The maximum Gasteiger partial charge on any atom is 0.270 e. The second kappa shape index (κ2) is 4.88. The number of amides is 1. The molecule has 1 aliphatic rings. The van der Waals surface area contributed by atoms with Gasteiger partial charge >= 0.3 is 0 Å². The Bertz CT molecular complexity index is 583. The molecule has 4 heteroatoms. The third kappa shape index (κ3) is 2.26. The van der Waals surface area contributed by atoms with Crippen molar-refractivity contribution in [2.24, 2.45) is 7.05 Å². The van der Waals surface area contributed by atoms with Crippen molar-refractivity contribution in [2.75, 3.05) is 13.1 Å². The number of aromatic nitrogens is 2. The van der Waals surface area contributed by atoms with Crippen molar-refractivity contribution in [1.29, 1.82) is 0 Å². The van der Waals surface area contributed by atoms with Crippen LogP contribution in [0, 0.1) is 0 Å². The lowest BCUT2D eigenvalue weighted by Gasteiger charge is -2.15. The lowest BCUT2D eigenvalue weighted by atomic mass is 10.1. The SMILES string of the molecule is Cn1cc(-c2ccncc2)cc1C(=O)N1CCCC1. The van der Waals surface area contributed by atoms with Crippen LogP contribution < -0.4 is 0 Å². The Balaban J connectivity index is 1.91. The Hall–Kier alpha value is -2.10. The number of carbonyl (C=O) groups is 1. The number of carbonyl (C=O) groups excluding carboxylic acids is 1. The van der Waals surface area contributed by atoms with E-state index in [4.69, 9.17) is 0 Å². The van der Waals surface area contributed by atoms with Crippen LogP contribution in [0.15, 0.2) is 36.8 Å².